The van der Waals surface area contributed by atoms with Gasteiger partial charge in [-0.1, -0.05) is 12.1 Å². The monoisotopic (exact) mass is 854 g/mol. The normalized spacial score (nSPS) is 13.6. The van der Waals surface area contributed by atoms with Crippen molar-refractivity contribution in [3.8, 4) is 22.6 Å². The summed E-state index contributed by atoms with van der Waals surface area (Å²) < 4.78 is 110. The zero-order chi connectivity index (χ0) is 41.7. The summed E-state index contributed by atoms with van der Waals surface area (Å²) in [5.74, 6) is -1.64. The van der Waals surface area contributed by atoms with E-state index in [0.29, 0.717) is 27.9 Å². The number of aromatic hydroxyl groups is 2. The van der Waals surface area contributed by atoms with Gasteiger partial charge in [0.25, 0.3) is 20.2 Å². The van der Waals surface area contributed by atoms with E-state index in [4.69, 9.17) is 11.5 Å². The smallest absolute Gasteiger partial charge is 0.296 e. The number of phenols is 2. The van der Waals surface area contributed by atoms with Crippen molar-refractivity contribution < 1.29 is 53.7 Å². The molecule has 0 aromatic heterocycles. The molecule has 6 rings (SSSR count). The van der Waals surface area contributed by atoms with Crippen LogP contribution in [0, 0.1) is 13.8 Å². The number of hydrogen-bond acceptors (Lipinski definition) is 14. The van der Waals surface area contributed by atoms with Gasteiger partial charge in [0.2, 0.25) is 0 Å². The highest BCUT2D eigenvalue weighted by molar-refractivity contribution is 7.86. The van der Waals surface area contributed by atoms with Crippen LogP contribution in [0.25, 0.3) is 32.7 Å². The summed E-state index contributed by atoms with van der Waals surface area (Å²) in [4.78, 5) is -1.76. The second kappa shape index (κ2) is 15.3. The summed E-state index contributed by atoms with van der Waals surface area (Å²) in [5, 5.41) is 38.3. The van der Waals surface area contributed by atoms with E-state index in [0.717, 1.165) is 24.3 Å². The van der Waals surface area contributed by atoms with Gasteiger partial charge in [0.1, 0.15) is 16.3 Å². The van der Waals surface area contributed by atoms with Crippen molar-refractivity contribution in [2.45, 2.75) is 34.3 Å². The van der Waals surface area contributed by atoms with Gasteiger partial charge in [-0.05, 0) is 113 Å². The zero-order valence-corrected chi connectivity index (χ0v) is 32.6. The van der Waals surface area contributed by atoms with Gasteiger partial charge < -0.3 is 30.8 Å². The molecule has 2 atom stereocenters. The number of nitrogens with zero attached hydrogens (tertiary/aromatic N) is 4. The first-order valence-corrected chi connectivity index (χ1v) is 21.3. The fraction of sp³-hybridized carbons (Fsp3) is 0.0857. The van der Waals surface area contributed by atoms with Crippen LogP contribution in [0.4, 0.5) is 34.1 Å². The standard InChI is InChI=1S/C35H30N6O12S4/c1-16-7-19(3-5-26(16)38-40-32-28(55(46)47)12-22-11-23(56(48,49)50)14-25(37)31(22)34(32)42)20-4-6-27(17(2)8-20)39-41-33-29(57(51,52)53)13-21-9-18(15-54(44)45)10-24(36)30(21)35(33)43/h3-14,42-43H,15,36-37H2,1-2H3,(H,44,45)(H,46,47)(H,48,49,50)(H,51,52,53). The predicted octanol–water partition coefficient (Wildman–Crippen LogP) is 7.48. The number of nitrogens with two attached hydrogens (primary N) is 2. The minimum Gasteiger partial charge on any atom is -0.505 e. The number of nitrogen functional groups attached to an aromatic ring is 2. The molecule has 0 bridgehead atoms. The van der Waals surface area contributed by atoms with Gasteiger partial charge in [0, 0.05) is 22.1 Å². The number of azo groups is 2. The SMILES string of the molecule is Cc1cc(-c2ccc(N=Nc3c(S(=O)(=O)O)cc4cc(CS(=O)O)cc(N)c4c3O)c(C)c2)ccc1N=Nc1c(S(=O)O)cc2cc(S(=O)(=O)O)cc(N)c2c1O. The molecule has 0 amide bonds. The summed E-state index contributed by atoms with van der Waals surface area (Å²) in [6.45, 7) is 3.42. The Morgan fingerprint density at radius 3 is 1.63 bits per heavy atom. The van der Waals surface area contributed by atoms with Gasteiger partial charge in [-0.2, -0.15) is 27.1 Å². The van der Waals surface area contributed by atoms with Crippen LogP contribution in [-0.2, 0) is 48.1 Å². The molecule has 0 aliphatic carbocycles. The molecule has 0 saturated carbocycles. The molecular formula is C35H30N6O12S4. The van der Waals surface area contributed by atoms with Crippen LogP contribution in [0.3, 0.4) is 0 Å². The number of rotatable bonds is 10. The first kappa shape index (κ1) is 40.9. The van der Waals surface area contributed by atoms with Crippen molar-refractivity contribution in [2.75, 3.05) is 11.5 Å². The maximum absolute atomic E-state index is 12.3. The Morgan fingerprint density at radius 2 is 1.14 bits per heavy atom. The Hall–Kier alpha value is -5.72. The fourth-order valence-corrected chi connectivity index (χ4v) is 8.27. The van der Waals surface area contributed by atoms with Crippen LogP contribution in [0.2, 0.25) is 0 Å². The molecular weight excluding hydrogens is 825 g/mol. The van der Waals surface area contributed by atoms with Crippen molar-refractivity contribution in [1.29, 1.82) is 0 Å². The van der Waals surface area contributed by atoms with E-state index in [9.17, 15) is 53.7 Å². The molecule has 57 heavy (non-hydrogen) atoms. The molecule has 6 aromatic rings. The molecule has 0 aliphatic heterocycles. The van der Waals surface area contributed by atoms with Crippen LogP contribution in [0.15, 0.2) is 108 Å². The van der Waals surface area contributed by atoms with Crippen LogP contribution in [-0.4, -0.2) is 53.7 Å². The van der Waals surface area contributed by atoms with Gasteiger partial charge in [0.05, 0.1) is 26.9 Å². The van der Waals surface area contributed by atoms with Crippen molar-refractivity contribution in [3.05, 3.63) is 89.5 Å². The van der Waals surface area contributed by atoms with E-state index in [2.05, 4.69) is 20.5 Å². The van der Waals surface area contributed by atoms with Crippen molar-refractivity contribution in [2.24, 2.45) is 20.5 Å². The molecule has 0 spiro atoms. The first-order valence-electron chi connectivity index (χ1n) is 16.0. The molecule has 18 nitrogen and oxygen atoms in total. The summed E-state index contributed by atoms with van der Waals surface area (Å²) in [6, 6.07) is 16.8. The predicted molar refractivity (Wildman–Crippen MR) is 213 cm³/mol. The number of phenolic OH excluding ortho intramolecular Hbond substituents is 2. The molecule has 0 aliphatic rings. The number of hydrogen-bond donors (Lipinski definition) is 8. The molecule has 0 radical (unpaired) electrons. The van der Waals surface area contributed by atoms with Crippen LogP contribution >= 0.6 is 0 Å². The molecule has 22 heteroatoms. The van der Waals surface area contributed by atoms with E-state index >= 15 is 0 Å². The summed E-state index contributed by atoms with van der Waals surface area (Å²) in [5.41, 5.74) is 14.3. The lowest BCUT2D eigenvalue weighted by Crippen LogP contribution is -2.01. The maximum atomic E-state index is 12.3. The lowest BCUT2D eigenvalue weighted by molar-refractivity contribution is 0.472. The van der Waals surface area contributed by atoms with Gasteiger partial charge >= 0.3 is 0 Å². The largest absolute Gasteiger partial charge is 0.505 e. The van der Waals surface area contributed by atoms with Crippen LogP contribution in [0.5, 0.6) is 11.5 Å². The minimum absolute atomic E-state index is 0.00585. The molecule has 296 valence electrons. The third-order valence-electron chi connectivity index (χ3n) is 8.69. The highest BCUT2D eigenvalue weighted by atomic mass is 32.2. The van der Waals surface area contributed by atoms with Gasteiger partial charge in [0.15, 0.2) is 33.7 Å². The Kier molecular flexibility index (Phi) is 11.0. The Balaban J connectivity index is 1.31. The van der Waals surface area contributed by atoms with Crippen LogP contribution < -0.4 is 11.5 Å². The molecule has 10 N–H and O–H groups in total. The lowest BCUT2D eigenvalue weighted by Gasteiger charge is -2.12. The van der Waals surface area contributed by atoms with E-state index in [1.165, 1.54) is 12.1 Å². The molecule has 2 unspecified atom stereocenters. The van der Waals surface area contributed by atoms with Crippen molar-refractivity contribution >= 4 is 98.1 Å². The lowest BCUT2D eigenvalue weighted by atomic mass is 10.0. The van der Waals surface area contributed by atoms with Crippen molar-refractivity contribution in [3.63, 3.8) is 0 Å². The van der Waals surface area contributed by atoms with E-state index in [1.807, 2.05) is 0 Å². The highest BCUT2D eigenvalue weighted by Crippen LogP contribution is 2.46. The number of benzene rings is 6. The summed E-state index contributed by atoms with van der Waals surface area (Å²) in [7, 11) is -9.64. The topological polar surface area (TPSA) is 325 Å². The van der Waals surface area contributed by atoms with Gasteiger partial charge in [-0.25, -0.2) is 8.42 Å². The minimum atomic E-state index is -4.95. The number of fused-ring (bicyclic) bond motifs is 2. The van der Waals surface area contributed by atoms with Crippen LogP contribution in [0.1, 0.15) is 16.7 Å². The average molecular weight is 855 g/mol. The summed E-state index contributed by atoms with van der Waals surface area (Å²) in [6.07, 6.45) is 0. The maximum Gasteiger partial charge on any atom is 0.296 e. The molecule has 0 saturated heterocycles. The zero-order valence-electron chi connectivity index (χ0n) is 29.3. The van der Waals surface area contributed by atoms with Gasteiger partial charge in [-0.3, -0.25) is 9.11 Å². The Labute approximate surface area is 328 Å². The van der Waals surface area contributed by atoms with E-state index < -0.39 is 80.0 Å². The third-order valence-corrected chi connectivity index (χ3v) is 11.7. The van der Waals surface area contributed by atoms with Gasteiger partial charge in [-0.15, -0.1) is 10.2 Å². The quantitative estimate of drug-likeness (QED) is 0.0287. The second-order valence-corrected chi connectivity index (χ2v) is 17.3. The molecule has 6 aromatic carbocycles. The number of aryl methyl sites for hydroxylation is 2. The first-order chi connectivity index (χ1) is 26.6. The number of anilines is 2. The Morgan fingerprint density at radius 1 is 0.632 bits per heavy atom. The molecule has 0 heterocycles. The molecule has 0 fully saturated rings. The third kappa shape index (κ3) is 8.38. The summed E-state index contributed by atoms with van der Waals surface area (Å²) >= 11 is -4.95. The highest BCUT2D eigenvalue weighted by Gasteiger charge is 2.25. The fourth-order valence-electron chi connectivity index (χ4n) is 6.08. The van der Waals surface area contributed by atoms with Crippen molar-refractivity contribution in [1.82, 2.24) is 0 Å². The second-order valence-electron chi connectivity index (χ2n) is 12.6. The van der Waals surface area contributed by atoms with E-state index in [1.54, 1.807) is 50.2 Å². The Bertz CT molecular complexity index is 3030. The van der Waals surface area contributed by atoms with E-state index in [-0.39, 0.29) is 49.9 Å². The average Bonchev–Trinajstić information content (AvgIpc) is 3.09.